The van der Waals surface area contributed by atoms with Crippen LogP contribution < -0.4 is 0 Å². The van der Waals surface area contributed by atoms with Gasteiger partial charge in [0, 0.05) is 13.1 Å². The van der Waals surface area contributed by atoms with Crippen molar-refractivity contribution in [3.63, 3.8) is 0 Å². The van der Waals surface area contributed by atoms with Crippen molar-refractivity contribution in [2.75, 3.05) is 13.1 Å². The standard InChI is InChI=1S/C22H31N3O4S/c1-14-11-25(20(27)29-22(5,6)7)17(12-24(14)19(26)28-21(2,3)4)15-8-9-18-16(10-15)23-13-30-18/h8-10,13-14,17H,11-12H2,1-7H3/t14-,17-/m1/s1. The molecule has 1 saturated heterocycles. The highest BCUT2D eigenvalue weighted by atomic mass is 32.1. The smallest absolute Gasteiger partial charge is 0.410 e. The van der Waals surface area contributed by atoms with Crippen LogP contribution in [0.15, 0.2) is 23.7 Å². The molecule has 7 nitrogen and oxygen atoms in total. The number of fused-ring (bicyclic) bond motifs is 1. The third-order valence-electron chi connectivity index (χ3n) is 4.73. The molecule has 0 radical (unpaired) electrons. The molecular weight excluding hydrogens is 402 g/mol. The van der Waals surface area contributed by atoms with Crippen molar-refractivity contribution in [2.24, 2.45) is 0 Å². The predicted octanol–water partition coefficient (Wildman–Crippen LogP) is 5.21. The molecule has 2 atom stereocenters. The van der Waals surface area contributed by atoms with Gasteiger partial charge in [0.05, 0.1) is 27.8 Å². The van der Waals surface area contributed by atoms with Crippen LogP contribution in [-0.2, 0) is 9.47 Å². The second-order valence-corrected chi connectivity index (χ2v) is 10.6. The largest absolute Gasteiger partial charge is 0.444 e. The Morgan fingerprint density at radius 3 is 2.20 bits per heavy atom. The van der Waals surface area contributed by atoms with Crippen molar-refractivity contribution in [2.45, 2.75) is 71.8 Å². The summed E-state index contributed by atoms with van der Waals surface area (Å²) in [6.07, 6.45) is -0.764. The van der Waals surface area contributed by atoms with E-state index in [-0.39, 0.29) is 24.3 Å². The molecular formula is C22H31N3O4S. The summed E-state index contributed by atoms with van der Waals surface area (Å²) in [7, 11) is 0. The number of amides is 2. The maximum atomic E-state index is 13.0. The molecule has 8 heteroatoms. The van der Waals surface area contributed by atoms with Crippen molar-refractivity contribution < 1.29 is 19.1 Å². The molecule has 1 fully saturated rings. The number of aromatic nitrogens is 1. The Labute approximate surface area is 182 Å². The van der Waals surface area contributed by atoms with Crippen LogP contribution in [-0.4, -0.2) is 57.3 Å². The predicted molar refractivity (Wildman–Crippen MR) is 118 cm³/mol. The van der Waals surface area contributed by atoms with Crippen molar-refractivity contribution in [1.29, 1.82) is 0 Å². The fourth-order valence-electron chi connectivity index (χ4n) is 3.44. The van der Waals surface area contributed by atoms with E-state index in [1.807, 2.05) is 66.7 Å². The second-order valence-electron chi connectivity index (χ2n) is 9.71. The quantitative estimate of drug-likeness (QED) is 0.617. The van der Waals surface area contributed by atoms with E-state index in [1.54, 1.807) is 26.6 Å². The molecule has 0 spiro atoms. The maximum Gasteiger partial charge on any atom is 0.410 e. The summed E-state index contributed by atoms with van der Waals surface area (Å²) < 4.78 is 12.4. The summed E-state index contributed by atoms with van der Waals surface area (Å²) in [5, 5.41) is 0. The normalized spacial score (nSPS) is 20.4. The summed E-state index contributed by atoms with van der Waals surface area (Å²) in [6, 6.07) is 5.43. The van der Waals surface area contributed by atoms with Gasteiger partial charge in [0.2, 0.25) is 0 Å². The van der Waals surface area contributed by atoms with Gasteiger partial charge in [-0.3, -0.25) is 4.90 Å². The van der Waals surface area contributed by atoms with Crippen LogP contribution in [0.3, 0.4) is 0 Å². The summed E-state index contributed by atoms with van der Waals surface area (Å²) in [4.78, 5) is 33.7. The Hall–Kier alpha value is -2.35. The first-order chi connectivity index (χ1) is 13.8. The second kappa shape index (κ2) is 8.06. The third kappa shape index (κ3) is 5.22. The van der Waals surface area contributed by atoms with Crippen LogP contribution >= 0.6 is 11.3 Å². The van der Waals surface area contributed by atoms with Crippen LogP contribution in [0.1, 0.15) is 60.1 Å². The van der Waals surface area contributed by atoms with Crippen molar-refractivity contribution in [3.05, 3.63) is 29.3 Å². The van der Waals surface area contributed by atoms with Gasteiger partial charge in [-0.05, 0) is 66.2 Å². The Morgan fingerprint density at radius 2 is 1.60 bits per heavy atom. The molecule has 1 aliphatic rings. The molecule has 0 aliphatic carbocycles. The van der Waals surface area contributed by atoms with Crippen LogP contribution in [0.4, 0.5) is 9.59 Å². The number of benzene rings is 1. The number of carbonyl (C=O) groups is 2. The first-order valence-corrected chi connectivity index (χ1v) is 11.0. The molecule has 164 valence electrons. The third-order valence-corrected chi connectivity index (χ3v) is 5.54. The van der Waals surface area contributed by atoms with Crippen molar-refractivity contribution in [3.8, 4) is 0 Å². The number of hydrogen-bond donors (Lipinski definition) is 0. The summed E-state index contributed by atoms with van der Waals surface area (Å²) in [5.74, 6) is 0. The van der Waals surface area contributed by atoms with E-state index in [0.29, 0.717) is 13.1 Å². The number of carbonyl (C=O) groups excluding carboxylic acids is 2. The lowest BCUT2D eigenvalue weighted by Gasteiger charge is -2.45. The van der Waals surface area contributed by atoms with Crippen LogP contribution in [0.2, 0.25) is 0 Å². The molecule has 0 N–H and O–H groups in total. The highest BCUT2D eigenvalue weighted by Crippen LogP contribution is 2.32. The fraction of sp³-hybridized carbons (Fsp3) is 0.591. The Morgan fingerprint density at radius 1 is 1.00 bits per heavy atom. The Kier molecular flexibility index (Phi) is 6.00. The van der Waals surface area contributed by atoms with Crippen molar-refractivity contribution in [1.82, 2.24) is 14.8 Å². The number of ether oxygens (including phenoxy) is 2. The van der Waals surface area contributed by atoms with Crippen LogP contribution in [0, 0.1) is 0 Å². The summed E-state index contributed by atoms with van der Waals surface area (Å²) in [5.41, 5.74) is 2.40. The lowest BCUT2D eigenvalue weighted by molar-refractivity contribution is -0.0283. The zero-order valence-corrected chi connectivity index (χ0v) is 19.6. The van der Waals surface area contributed by atoms with E-state index in [1.165, 1.54) is 0 Å². The van der Waals surface area contributed by atoms with Gasteiger partial charge >= 0.3 is 12.2 Å². The van der Waals surface area contributed by atoms with Gasteiger partial charge in [0.15, 0.2) is 0 Å². The molecule has 0 unspecified atom stereocenters. The van der Waals surface area contributed by atoms with Gasteiger partial charge in [-0.2, -0.15) is 0 Å². The maximum absolute atomic E-state index is 13.0. The van der Waals surface area contributed by atoms with Gasteiger partial charge in [0.1, 0.15) is 11.2 Å². The molecule has 3 rings (SSSR count). The minimum absolute atomic E-state index is 0.202. The molecule has 30 heavy (non-hydrogen) atoms. The van der Waals surface area contributed by atoms with Gasteiger partial charge in [-0.15, -0.1) is 11.3 Å². The first kappa shape index (κ1) is 22.3. The number of rotatable bonds is 1. The summed E-state index contributed by atoms with van der Waals surface area (Å²) >= 11 is 1.57. The average molecular weight is 434 g/mol. The topological polar surface area (TPSA) is 72.0 Å². The summed E-state index contributed by atoms with van der Waals surface area (Å²) in [6.45, 7) is 13.7. The molecule has 1 aliphatic heterocycles. The molecule has 2 amide bonds. The number of piperazine rings is 1. The lowest BCUT2D eigenvalue weighted by atomic mass is 10.00. The Bertz CT molecular complexity index is 928. The van der Waals surface area contributed by atoms with E-state index in [2.05, 4.69) is 4.98 Å². The average Bonchev–Trinajstić information content (AvgIpc) is 3.06. The van der Waals surface area contributed by atoms with Gasteiger partial charge in [-0.25, -0.2) is 14.6 Å². The molecule has 2 aromatic rings. The first-order valence-electron chi connectivity index (χ1n) is 10.2. The van der Waals surface area contributed by atoms with E-state index in [0.717, 1.165) is 15.8 Å². The number of nitrogens with zero attached hydrogens (tertiary/aromatic N) is 3. The lowest BCUT2D eigenvalue weighted by Crippen LogP contribution is -2.58. The Balaban J connectivity index is 1.94. The van der Waals surface area contributed by atoms with Crippen LogP contribution in [0.5, 0.6) is 0 Å². The highest BCUT2D eigenvalue weighted by Gasteiger charge is 2.40. The molecule has 0 saturated carbocycles. The van der Waals surface area contributed by atoms with Crippen molar-refractivity contribution >= 4 is 33.7 Å². The van der Waals surface area contributed by atoms with E-state index in [9.17, 15) is 9.59 Å². The highest BCUT2D eigenvalue weighted by molar-refractivity contribution is 7.16. The van der Waals surface area contributed by atoms with Crippen LogP contribution in [0.25, 0.3) is 10.2 Å². The van der Waals surface area contributed by atoms with Gasteiger partial charge in [0.25, 0.3) is 0 Å². The minimum Gasteiger partial charge on any atom is -0.444 e. The molecule has 0 bridgehead atoms. The zero-order valence-electron chi connectivity index (χ0n) is 18.8. The molecule has 1 aromatic heterocycles. The molecule has 2 heterocycles. The fourth-order valence-corrected chi connectivity index (χ4v) is 4.10. The monoisotopic (exact) mass is 433 g/mol. The number of hydrogen-bond acceptors (Lipinski definition) is 6. The SMILES string of the molecule is C[C@@H]1CN(C(=O)OC(C)(C)C)[C@@H](c2ccc3scnc3c2)CN1C(=O)OC(C)(C)C. The minimum atomic E-state index is -0.605. The van der Waals surface area contributed by atoms with Gasteiger partial charge < -0.3 is 14.4 Å². The number of thiazole rings is 1. The van der Waals surface area contributed by atoms with E-state index < -0.39 is 11.2 Å². The zero-order chi connectivity index (χ0) is 22.3. The van der Waals surface area contributed by atoms with E-state index >= 15 is 0 Å². The molecule has 1 aromatic carbocycles. The van der Waals surface area contributed by atoms with Gasteiger partial charge in [-0.1, -0.05) is 6.07 Å². The van der Waals surface area contributed by atoms with E-state index in [4.69, 9.17) is 9.47 Å².